The fraction of sp³-hybridized carbons (Fsp3) is 0.423. The standard InChI is InChI=1S/C26H31N5O5/c1-3-34-21-9-6-19(7-10-21)25-28-23(36-29-25)12-13-24(32)31-15-5-14-30(16-17-31)22-11-8-20(18-27-22)26(33)35-4-2/h6-11,18H,3-5,12-17H2,1-2H3. The van der Waals surface area contributed by atoms with Gasteiger partial charge in [-0.25, -0.2) is 9.78 Å². The quantitative estimate of drug-likeness (QED) is 0.414. The number of carbonyl (C=O) groups excluding carboxylic acids is 2. The summed E-state index contributed by atoms with van der Waals surface area (Å²) in [7, 11) is 0. The van der Waals surface area contributed by atoms with Gasteiger partial charge in [0.25, 0.3) is 0 Å². The second-order valence-electron chi connectivity index (χ2n) is 8.32. The molecule has 36 heavy (non-hydrogen) atoms. The molecule has 3 aromatic rings. The number of amides is 1. The molecule has 10 nitrogen and oxygen atoms in total. The number of hydrogen-bond acceptors (Lipinski definition) is 9. The highest BCUT2D eigenvalue weighted by molar-refractivity contribution is 5.89. The van der Waals surface area contributed by atoms with Gasteiger partial charge in [-0.3, -0.25) is 4.79 Å². The van der Waals surface area contributed by atoms with Gasteiger partial charge in [-0.15, -0.1) is 0 Å². The Hall–Kier alpha value is -3.95. The van der Waals surface area contributed by atoms with Crippen LogP contribution < -0.4 is 9.64 Å². The van der Waals surface area contributed by atoms with Crippen LogP contribution in [0.1, 0.15) is 42.9 Å². The average Bonchev–Trinajstić information content (AvgIpc) is 3.24. The minimum Gasteiger partial charge on any atom is -0.494 e. The van der Waals surface area contributed by atoms with Crippen molar-refractivity contribution >= 4 is 17.7 Å². The summed E-state index contributed by atoms with van der Waals surface area (Å²) >= 11 is 0. The molecule has 0 radical (unpaired) electrons. The average molecular weight is 494 g/mol. The van der Waals surface area contributed by atoms with Crippen LogP contribution >= 0.6 is 0 Å². The molecule has 0 saturated carbocycles. The number of esters is 1. The molecule has 1 fully saturated rings. The van der Waals surface area contributed by atoms with E-state index in [9.17, 15) is 9.59 Å². The number of nitrogens with zero attached hydrogens (tertiary/aromatic N) is 5. The largest absolute Gasteiger partial charge is 0.494 e. The fourth-order valence-electron chi connectivity index (χ4n) is 4.02. The Bertz CT molecular complexity index is 1150. The van der Waals surface area contributed by atoms with E-state index >= 15 is 0 Å². The van der Waals surface area contributed by atoms with Crippen molar-refractivity contribution in [1.29, 1.82) is 0 Å². The first-order valence-corrected chi connectivity index (χ1v) is 12.3. The minimum absolute atomic E-state index is 0.0586. The van der Waals surface area contributed by atoms with Crippen LogP contribution in [0.4, 0.5) is 5.82 Å². The number of aryl methyl sites for hydroxylation is 1. The Kier molecular flexibility index (Phi) is 8.48. The van der Waals surface area contributed by atoms with Gasteiger partial charge in [-0.05, 0) is 56.7 Å². The van der Waals surface area contributed by atoms with E-state index in [1.165, 1.54) is 6.20 Å². The van der Waals surface area contributed by atoms with Crippen molar-refractivity contribution in [2.75, 3.05) is 44.3 Å². The summed E-state index contributed by atoms with van der Waals surface area (Å²) in [4.78, 5) is 37.6. The molecule has 1 aliphatic heterocycles. The molecule has 1 amide bonds. The first-order chi connectivity index (χ1) is 17.6. The van der Waals surface area contributed by atoms with Crippen LogP contribution in [0.2, 0.25) is 0 Å². The van der Waals surface area contributed by atoms with Gasteiger partial charge in [-0.2, -0.15) is 4.98 Å². The third-order valence-corrected chi connectivity index (χ3v) is 5.88. The molecule has 0 atom stereocenters. The summed E-state index contributed by atoms with van der Waals surface area (Å²) in [5.41, 5.74) is 1.26. The molecule has 2 aromatic heterocycles. The lowest BCUT2D eigenvalue weighted by Gasteiger charge is -2.23. The van der Waals surface area contributed by atoms with Crippen LogP contribution in [0.5, 0.6) is 5.75 Å². The molecule has 1 aromatic carbocycles. The van der Waals surface area contributed by atoms with Gasteiger partial charge < -0.3 is 23.8 Å². The van der Waals surface area contributed by atoms with Gasteiger partial charge >= 0.3 is 5.97 Å². The fourth-order valence-corrected chi connectivity index (χ4v) is 4.02. The van der Waals surface area contributed by atoms with E-state index in [0.717, 1.165) is 30.1 Å². The van der Waals surface area contributed by atoms with Crippen molar-refractivity contribution in [3.05, 3.63) is 54.0 Å². The zero-order valence-electron chi connectivity index (χ0n) is 20.7. The van der Waals surface area contributed by atoms with E-state index in [1.807, 2.05) is 42.2 Å². The number of carbonyl (C=O) groups is 2. The summed E-state index contributed by atoms with van der Waals surface area (Å²) in [6.07, 6.45) is 3.06. The van der Waals surface area contributed by atoms with Crippen LogP contribution in [0, 0.1) is 0 Å². The van der Waals surface area contributed by atoms with Crippen LogP contribution in [0.15, 0.2) is 47.1 Å². The Morgan fingerprint density at radius 3 is 2.56 bits per heavy atom. The molecule has 0 bridgehead atoms. The van der Waals surface area contributed by atoms with E-state index in [2.05, 4.69) is 20.0 Å². The van der Waals surface area contributed by atoms with Gasteiger partial charge in [0.1, 0.15) is 11.6 Å². The van der Waals surface area contributed by atoms with Crippen molar-refractivity contribution in [2.45, 2.75) is 33.1 Å². The lowest BCUT2D eigenvalue weighted by atomic mass is 10.2. The zero-order chi connectivity index (χ0) is 25.3. The van der Waals surface area contributed by atoms with E-state index in [-0.39, 0.29) is 11.9 Å². The summed E-state index contributed by atoms with van der Waals surface area (Å²) in [6.45, 7) is 7.37. The van der Waals surface area contributed by atoms with Crippen molar-refractivity contribution in [1.82, 2.24) is 20.0 Å². The molecule has 0 N–H and O–H groups in total. The molecular formula is C26H31N5O5. The molecular weight excluding hydrogens is 462 g/mol. The van der Waals surface area contributed by atoms with Crippen molar-refractivity contribution in [3.63, 3.8) is 0 Å². The van der Waals surface area contributed by atoms with Crippen LogP contribution in [-0.2, 0) is 16.0 Å². The Balaban J connectivity index is 1.27. The molecule has 3 heterocycles. The second-order valence-corrected chi connectivity index (χ2v) is 8.32. The number of benzene rings is 1. The van der Waals surface area contributed by atoms with E-state index in [0.29, 0.717) is 63.0 Å². The van der Waals surface area contributed by atoms with Crippen LogP contribution in [-0.4, -0.2) is 71.3 Å². The Morgan fingerprint density at radius 2 is 1.83 bits per heavy atom. The summed E-state index contributed by atoms with van der Waals surface area (Å²) in [6, 6.07) is 11.0. The Labute approximate surface area is 210 Å². The molecule has 1 saturated heterocycles. The maximum absolute atomic E-state index is 12.9. The van der Waals surface area contributed by atoms with Crippen LogP contribution in [0.25, 0.3) is 11.4 Å². The second kappa shape index (κ2) is 12.1. The van der Waals surface area contributed by atoms with Crippen molar-refractivity contribution in [3.8, 4) is 17.1 Å². The minimum atomic E-state index is -0.378. The number of pyridine rings is 1. The highest BCUT2D eigenvalue weighted by Gasteiger charge is 2.21. The van der Waals surface area contributed by atoms with Gasteiger partial charge in [0, 0.05) is 50.8 Å². The first kappa shape index (κ1) is 25.2. The highest BCUT2D eigenvalue weighted by Crippen LogP contribution is 2.21. The number of anilines is 1. The maximum Gasteiger partial charge on any atom is 0.339 e. The lowest BCUT2D eigenvalue weighted by molar-refractivity contribution is -0.131. The van der Waals surface area contributed by atoms with E-state index in [4.69, 9.17) is 14.0 Å². The summed E-state index contributed by atoms with van der Waals surface area (Å²) in [5, 5.41) is 4.04. The molecule has 190 valence electrons. The maximum atomic E-state index is 12.9. The predicted octanol–water partition coefficient (Wildman–Crippen LogP) is 3.38. The highest BCUT2D eigenvalue weighted by atomic mass is 16.5. The van der Waals surface area contributed by atoms with E-state index in [1.54, 1.807) is 13.0 Å². The first-order valence-electron chi connectivity index (χ1n) is 12.3. The lowest BCUT2D eigenvalue weighted by Crippen LogP contribution is -2.35. The smallest absolute Gasteiger partial charge is 0.339 e. The molecule has 10 heteroatoms. The van der Waals surface area contributed by atoms with Gasteiger partial charge in [0.05, 0.1) is 18.8 Å². The summed E-state index contributed by atoms with van der Waals surface area (Å²) in [5.74, 6) is 2.18. The topological polar surface area (TPSA) is 111 Å². The third kappa shape index (κ3) is 6.38. The molecule has 0 spiro atoms. The molecule has 1 aliphatic rings. The molecule has 4 rings (SSSR count). The van der Waals surface area contributed by atoms with Crippen molar-refractivity contribution in [2.24, 2.45) is 0 Å². The van der Waals surface area contributed by atoms with E-state index < -0.39 is 0 Å². The van der Waals surface area contributed by atoms with Gasteiger partial charge in [-0.1, -0.05) is 5.16 Å². The van der Waals surface area contributed by atoms with Gasteiger partial charge in [0.2, 0.25) is 17.6 Å². The molecule has 0 aliphatic carbocycles. The van der Waals surface area contributed by atoms with Crippen molar-refractivity contribution < 1.29 is 23.6 Å². The SMILES string of the molecule is CCOC(=O)c1ccc(N2CCCN(C(=O)CCc3nc(-c4ccc(OCC)cc4)no3)CC2)nc1. The van der Waals surface area contributed by atoms with Crippen LogP contribution in [0.3, 0.4) is 0 Å². The number of ether oxygens (including phenoxy) is 2. The Morgan fingerprint density at radius 1 is 1.00 bits per heavy atom. The zero-order valence-corrected chi connectivity index (χ0v) is 20.7. The number of aromatic nitrogens is 3. The number of rotatable bonds is 9. The monoisotopic (exact) mass is 493 g/mol. The van der Waals surface area contributed by atoms with Gasteiger partial charge in [0.15, 0.2) is 0 Å². The molecule has 0 unspecified atom stereocenters. The normalized spacial score (nSPS) is 13.8. The predicted molar refractivity (Wildman–Crippen MR) is 133 cm³/mol. The number of hydrogen-bond donors (Lipinski definition) is 0. The third-order valence-electron chi connectivity index (χ3n) is 5.88. The summed E-state index contributed by atoms with van der Waals surface area (Å²) < 4.78 is 15.8.